The third-order valence-corrected chi connectivity index (χ3v) is 4.42. The van der Waals surface area contributed by atoms with Crippen LogP contribution in [0.5, 0.6) is 0 Å². The second kappa shape index (κ2) is 7.76. The Bertz CT molecular complexity index is 903. The van der Waals surface area contributed by atoms with Gasteiger partial charge in [-0.2, -0.15) is 0 Å². The molecule has 0 saturated carbocycles. The fourth-order valence-corrected chi connectivity index (χ4v) is 2.99. The molecule has 0 unspecified atom stereocenters. The lowest BCUT2D eigenvalue weighted by Crippen LogP contribution is -1.99. The lowest BCUT2D eigenvalue weighted by Gasteiger charge is -2.12. The van der Waals surface area contributed by atoms with Gasteiger partial charge in [0.25, 0.3) is 0 Å². The first-order chi connectivity index (χ1) is 12.2. The van der Waals surface area contributed by atoms with E-state index < -0.39 is 0 Å². The molecule has 0 aromatic heterocycles. The minimum absolute atomic E-state index is 1.02. The zero-order valence-corrected chi connectivity index (χ0v) is 15.0. The van der Waals surface area contributed by atoms with E-state index in [4.69, 9.17) is 4.99 Å². The summed E-state index contributed by atoms with van der Waals surface area (Å²) in [6.45, 7) is 6.36. The summed E-state index contributed by atoms with van der Waals surface area (Å²) >= 11 is 0. The maximum atomic E-state index is 5.05. The normalized spacial score (nSPS) is 12.7. The lowest BCUT2D eigenvalue weighted by molar-refractivity contribution is 1.40. The van der Waals surface area contributed by atoms with E-state index in [0.29, 0.717) is 0 Å². The van der Waals surface area contributed by atoms with Gasteiger partial charge in [0.05, 0.1) is 5.70 Å². The second-order valence-electron chi connectivity index (χ2n) is 6.22. The van der Waals surface area contributed by atoms with Gasteiger partial charge in [0.2, 0.25) is 0 Å². The molecule has 3 rings (SSSR count). The van der Waals surface area contributed by atoms with Crippen LogP contribution in [0, 0.1) is 6.92 Å². The molecule has 3 aromatic rings. The van der Waals surface area contributed by atoms with Crippen molar-refractivity contribution in [2.24, 2.45) is 4.99 Å². The Balaban J connectivity index is 2.16. The highest BCUT2D eigenvalue weighted by Gasteiger charge is 2.09. The van der Waals surface area contributed by atoms with E-state index in [-0.39, 0.29) is 0 Å². The van der Waals surface area contributed by atoms with Crippen molar-refractivity contribution in [1.82, 2.24) is 0 Å². The van der Waals surface area contributed by atoms with E-state index in [0.717, 1.165) is 17.0 Å². The maximum Gasteiger partial charge on any atom is 0.0740 e. The average molecular weight is 325 g/mol. The summed E-state index contributed by atoms with van der Waals surface area (Å²) in [5.41, 5.74) is 8.00. The van der Waals surface area contributed by atoms with Gasteiger partial charge < -0.3 is 0 Å². The minimum atomic E-state index is 1.02. The number of benzene rings is 3. The third-order valence-electron chi connectivity index (χ3n) is 4.42. The smallest absolute Gasteiger partial charge is 0.0740 e. The van der Waals surface area contributed by atoms with E-state index in [1.807, 2.05) is 12.1 Å². The number of hydrogen-bond acceptors (Lipinski definition) is 1. The van der Waals surface area contributed by atoms with Gasteiger partial charge in [-0.25, -0.2) is 0 Å². The molecule has 0 amide bonds. The number of aliphatic imine (C=N–C) groups is 1. The van der Waals surface area contributed by atoms with Crippen LogP contribution in [0.1, 0.15) is 36.1 Å². The van der Waals surface area contributed by atoms with Gasteiger partial charge in [-0.05, 0) is 43.0 Å². The van der Waals surface area contributed by atoms with Crippen LogP contribution in [0.2, 0.25) is 0 Å². The molecule has 1 heteroatoms. The summed E-state index contributed by atoms with van der Waals surface area (Å²) in [6.07, 6.45) is 0. The van der Waals surface area contributed by atoms with Crippen molar-refractivity contribution in [1.29, 1.82) is 0 Å². The summed E-state index contributed by atoms with van der Waals surface area (Å²) in [7, 11) is 0. The molecule has 0 aliphatic carbocycles. The number of allylic oxidation sites excluding steroid dienone is 1. The fourth-order valence-electron chi connectivity index (χ4n) is 2.99. The highest BCUT2D eigenvalue weighted by Crippen LogP contribution is 2.28. The molecule has 0 N–H and O–H groups in total. The SMILES string of the molecule is C/C(=N\C(=C(/C)c1ccccc1)c1ccccc1)c1ccccc1C. The van der Waals surface area contributed by atoms with Crippen LogP contribution < -0.4 is 0 Å². The van der Waals surface area contributed by atoms with Gasteiger partial charge >= 0.3 is 0 Å². The first-order valence-electron chi connectivity index (χ1n) is 8.60. The lowest BCUT2D eigenvalue weighted by atomic mass is 10.00. The van der Waals surface area contributed by atoms with Gasteiger partial charge in [0.1, 0.15) is 0 Å². The Kier molecular flexibility index (Phi) is 5.25. The van der Waals surface area contributed by atoms with Crippen LogP contribution in [0.25, 0.3) is 11.3 Å². The van der Waals surface area contributed by atoms with Crippen LogP contribution in [0.4, 0.5) is 0 Å². The van der Waals surface area contributed by atoms with E-state index in [1.165, 1.54) is 22.3 Å². The number of aryl methyl sites for hydroxylation is 1. The Labute approximate surface area is 150 Å². The summed E-state index contributed by atoms with van der Waals surface area (Å²) in [4.78, 5) is 5.05. The molecule has 0 fully saturated rings. The summed E-state index contributed by atoms with van der Waals surface area (Å²) in [5, 5.41) is 0. The van der Waals surface area contributed by atoms with E-state index in [2.05, 4.69) is 93.6 Å². The van der Waals surface area contributed by atoms with Gasteiger partial charge in [0.15, 0.2) is 0 Å². The van der Waals surface area contributed by atoms with Crippen LogP contribution in [0.15, 0.2) is 89.9 Å². The molecular formula is C24H23N. The standard InChI is InChI=1S/C24H23N/c1-18-12-10-11-17-23(18)20(3)25-24(22-15-8-5-9-16-22)19(2)21-13-6-4-7-14-21/h4-17H,1-3H3/b24-19+,25-20+. The van der Waals surface area contributed by atoms with Crippen LogP contribution in [0.3, 0.4) is 0 Å². The molecule has 25 heavy (non-hydrogen) atoms. The van der Waals surface area contributed by atoms with Crippen molar-refractivity contribution in [2.45, 2.75) is 20.8 Å². The van der Waals surface area contributed by atoms with E-state index >= 15 is 0 Å². The van der Waals surface area contributed by atoms with Crippen LogP contribution in [-0.4, -0.2) is 5.71 Å². The highest BCUT2D eigenvalue weighted by molar-refractivity contribution is 6.05. The highest BCUT2D eigenvalue weighted by atomic mass is 14.8. The average Bonchev–Trinajstić information content (AvgIpc) is 2.67. The van der Waals surface area contributed by atoms with Gasteiger partial charge in [-0.1, -0.05) is 84.9 Å². The monoisotopic (exact) mass is 325 g/mol. The number of hydrogen-bond donors (Lipinski definition) is 0. The quantitative estimate of drug-likeness (QED) is 0.389. The molecule has 0 aliphatic rings. The van der Waals surface area contributed by atoms with Crippen molar-refractivity contribution in [3.8, 4) is 0 Å². The zero-order chi connectivity index (χ0) is 17.6. The summed E-state index contributed by atoms with van der Waals surface area (Å²) < 4.78 is 0. The van der Waals surface area contributed by atoms with Crippen molar-refractivity contribution >= 4 is 17.0 Å². The van der Waals surface area contributed by atoms with Crippen molar-refractivity contribution in [3.63, 3.8) is 0 Å². The molecular weight excluding hydrogens is 302 g/mol. The first-order valence-corrected chi connectivity index (χ1v) is 8.60. The Morgan fingerprint density at radius 2 is 1.16 bits per heavy atom. The molecule has 0 aliphatic heterocycles. The van der Waals surface area contributed by atoms with E-state index in [1.54, 1.807) is 0 Å². The van der Waals surface area contributed by atoms with Crippen LogP contribution >= 0.6 is 0 Å². The largest absolute Gasteiger partial charge is 0.252 e. The molecule has 124 valence electrons. The van der Waals surface area contributed by atoms with Gasteiger partial charge in [-0.15, -0.1) is 0 Å². The minimum Gasteiger partial charge on any atom is -0.252 e. The Morgan fingerprint density at radius 3 is 1.76 bits per heavy atom. The van der Waals surface area contributed by atoms with E-state index in [9.17, 15) is 0 Å². The first kappa shape index (κ1) is 16.9. The summed E-state index contributed by atoms with van der Waals surface area (Å²) in [6, 6.07) is 29.3. The van der Waals surface area contributed by atoms with Gasteiger partial charge in [-0.3, -0.25) is 4.99 Å². The summed E-state index contributed by atoms with van der Waals surface area (Å²) in [5.74, 6) is 0. The van der Waals surface area contributed by atoms with Crippen molar-refractivity contribution in [3.05, 3.63) is 107 Å². The fraction of sp³-hybridized carbons (Fsp3) is 0.125. The van der Waals surface area contributed by atoms with Crippen molar-refractivity contribution < 1.29 is 0 Å². The molecule has 0 heterocycles. The molecule has 1 nitrogen and oxygen atoms in total. The van der Waals surface area contributed by atoms with Gasteiger partial charge in [0, 0.05) is 11.3 Å². The number of rotatable bonds is 4. The Morgan fingerprint density at radius 1 is 0.640 bits per heavy atom. The topological polar surface area (TPSA) is 12.4 Å². The zero-order valence-electron chi connectivity index (χ0n) is 15.0. The predicted octanol–water partition coefficient (Wildman–Crippen LogP) is 6.39. The number of nitrogens with zero attached hydrogens (tertiary/aromatic N) is 1. The predicted molar refractivity (Wildman–Crippen MR) is 109 cm³/mol. The second-order valence-corrected chi connectivity index (χ2v) is 6.22. The molecule has 0 radical (unpaired) electrons. The molecule has 0 spiro atoms. The molecule has 0 saturated heterocycles. The molecule has 0 atom stereocenters. The molecule has 0 bridgehead atoms. The maximum absolute atomic E-state index is 5.05. The van der Waals surface area contributed by atoms with Crippen LogP contribution in [-0.2, 0) is 0 Å². The third kappa shape index (κ3) is 3.95. The van der Waals surface area contributed by atoms with Crippen molar-refractivity contribution in [2.75, 3.05) is 0 Å². The Hall–Kier alpha value is -2.93. The molecule has 3 aromatic carbocycles.